The first-order valence-corrected chi connectivity index (χ1v) is 6.95. The largest absolute Gasteiger partial charge is 0.476 e. The van der Waals surface area contributed by atoms with Gasteiger partial charge in [0.25, 0.3) is 0 Å². The molecule has 0 bridgehead atoms. The summed E-state index contributed by atoms with van der Waals surface area (Å²) in [5, 5.41) is 2.41. The second kappa shape index (κ2) is 7.01. The molecule has 2 N–H and O–H groups in total. The number of phosphoric acid groups is 1. The second-order valence-electron chi connectivity index (χ2n) is 4.62. The molecule has 0 radical (unpaired) electrons. The zero-order valence-electron chi connectivity index (χ0n) is 11.3. The van der Waals surface area contributed by atoms with Gasteiger partial charge in [0.05, 0.1) is 27.7 Å². The van der Waals surface area contributed by atoms with Gasteiger partial charge in [0.1, 0.15) is 0 Å². The normalized spacial score (nSPS) is 16.7. The highest BCUT2D eigenvalue weighted by Gasteiger charge is 2.30. The highest BCUT2D eigenvalue weighted by molar-refractivity contribution is 7.47. The van der Waals surface area contributed by atoms with Crippen molar-refractivity contribution in [2.45, 2.75) is 13.2 Å². The van der Waals surface area contributed by atoms with Crippen LogP contribution in [-0.2, 0) is 18.4 Å². The van der Waals surface area contributed by atoms with E-state index in [0.29, 0.717) is 4.48 Å². The zero-order chi connectivity index (χ0) is 14.4. The van der Waals surface area contributed by atoms with E-state index in [1.165, 1.54) is 0 Å². The minimum Gasteiger partial charge on any atom is -0.350 e. The fourth-order valence-corrected chi connectivity index (χ4v) is 1.82. The molecular weight excluding hydrogens is 259 g/mol. The maximum atomic E-state index is 11.6. The standard InChI is InChI=1S/C10H21N2O5P/c1-6-10(13)11-7-8-16-18(14,15)17-9(2)12(3,4)5/h6,9H,1,7-8H2,2-5H3,(H-,11,13,14,15)/p+1. The number of hydrogen-bond donors (Lipinski definition) is 2. The molecule has 0 saturated heterocycles. The quantitative estimate of drug-likeness (QED) is 0.222. The van der Waals surface area contributed by atoms with Crippen LogP contribution in [0.4, 0.5) is 0 Å². The van der Waals surface area contributed by atoms with Crippen molar-refractivity contribution in [1.82, 2.24) is 5.32 Å². The molecule has 0 aromatic rings. The number of nitrogens with one attached hydrogen (secondary N) is 1. The molecule has 0 heterocycles. The molecule has 0 fully saturated rings. The SMILES string of the molecule is C=CC(=O)NCCOP(=O)(O)OC(C)[N+](C)(C)C. The Morgan fingerprint density at radius 2 is 2.11 bits per heavy atom. The molecule has 0 aromatic carbocycles. The van der Waals surface area contributed by atoms with Gasteiger partial charge < -0.3 is 14.7 Å². The van der Waals surface area contributed by atoms with Gasteiger partial charge in [-0.15, -0.1) is 0 Å². The van der Waals surface area contributed by atoms with Gasteiger partial charge in [-0.3, -0.25) is 9.32 Å². The van der Waals surface area contributed by atoms with E-state index in [2.05, 4.69) is 11.9 Å². The third-order valence-corrected chi connectivity index (χ3v) is 3.30. The van der Waals surface area contributed by atoms with Crippen LogP contribution < -0.4 is 5.32 Å². The average molecular weight is 281 g/mol. The van der Waals surface area contributed by atoms with Crippen LogP contribution in [0, 0.1) is 0 Å². The van der Waals surface area contributed by atoms with E-state index in [-0.39, 0.29) is 19.1 Å². The van der Waals surface area contributed by atoms with Crippen molar-refractivity contribution >= 4 is 13.7 Å². The van der Waals surface area contributed by atoms with Crippen molar-refractivity contribution in [2.24, 2.45) is 0 Å². The summed E-state index contributed by atoms with van der Waals surface area (Å²) in [5.74, 6) is -0.369. The number of carbonyl (C=O) groups is 1. The molecule has 0 aliphatic rings. The molecule has 7 nitrogen and oxygen atoms in total. The molecule has 0 rings (SSSR count). The number of phosphoric ester groups is 1. The van der Waals surface area contributed by atoms with Crippen LogP contribution in [-0.4, -0.2) is 55.8 Å². The molecule has 2 unspecified atom stereocenters. The summed E-state index contributed by atoms with van der Waals surface area (Å²) < 4.78 is 21.6. The lowest BCUT2D eigenvalue weighted by Gasteiger charge is -2.31. The van der Waals surface area contributed by atoms with E-state index in [1.54, 1.807) is 6.92 Å². The fourth-order valence-electron chi connectivity index (χ4n) is 0.772. The Morgan fingerprint density at radius 3 is 2.56 bits per heavy atom. The van der Waals surface area contributed by atoms with Gasteiger partial charge in [-0.05, 0) is 6.08 Å². The van der Waals surface area contributed by atoms with Crippen LogP contribution in [0.25, 0.3) is 0 Å². The Kier molecular flexibility index (Phi) is 6.73. The van der Waals surface area contributed by atoms with Gasteiger partial charge in [-0.1, -0.05) is 6.58 Å². The highest BCUT2D eigenvalue weighted by atomic mass is 31.2. The van der Waals surface area contributed by atoms with Crippen molar-refractivity contribution in [3.63, 3.8) is 0 Å². The van der Waals surface area contributed by atoms with Gasteiger partial charge in [-0.2, -0.15) is 0 Å². The summed E-state index contributed by atoms with van der Waals surface area (Å²) in [7, 11) is 1.38. The van der Waals surface area contributed by atoms with E-state index in [9.17, 15) is 14.3 Å². The minimum absolute atomic E-state index is 0.109. The van der Waals surface area contributed by atoms with Gasteiger partial charge in [0.2, 0.25) is 12.1 Å². The molecule has 106 valence electrons. The summed E-state index contributed by atoms with van der Waals surface area (Å²) in [6, 6.07) is 0. The third-order valence-electron chi connectivity index (χ3n) is 2.22. The Bertz CT molecular complexity index is 340. The van der Waals surface area contributed by atoms with Crippen molar-refractivity contribution in [3.8, 4) is 0 Å². The first-order chi connectivity index (χ1) is 8.08. The van der Waals surface area contributed by atoms with Gasteiger partial charge in [-0.25, -0.2) is 9.09 Å². The van der Waals surface area contributed by atoms with Crippen LogP contribution in [0.2, 0.25) is 0 Å². The highest BCUT2D eigenvalue weighted by Crippen LogP contribution is 2.45. The Morgan fingerprint density at radius 1 is 1.56 bits per heavy atom. The Balaban J connectivity index is 4.05. The lowest BCUT2D eigenvalue weighted by molar-refractivity contribution is -0.913. The number of amides is 1. The summed E-state index contributed by atoms with van der Waals surface area (Å²) >= 11 is 0. The van der Waals surface area contributed by atoms with Crippen LogP contribution in [0.3, 0.4) is 0 Å². The molecule has 1 amide bonds. The predicted octanol–water partition coefficient (Wildman–Crippen LogP) is 0.474. The molecule has 0 aromatic heterocycles. The third kappa shape index (κ3) is 7.58. The maximum absolute atomic E-state index is 11.6. The molecule has 2 atom stereocenters. The number of carbonyl (C=O) groups excluding carboxylic acids is 1. The fraction of sp³-hybridized carbons (Fsp3) is 0.700. The number of hydrogen-bond acceptors (Lipinski definition) is 4. The molecule has 0 aliphatic heterocycles. The van der Waals surface area contributed by atoms with Crippen LogP contribution in [0.1, 0.15) is 6.92 Å². The molecule has 18 heavy (non-hydrogen) atoms. The van der Waals surface area contributed by atoms with E-state index >= 15 is 0 Å². The van der Waals surface area contributed by atoms with Gasteiger partial charge >= 0.3 is 7.82 Å². The van der Waals surface area contributed by atoms with Crippen molar-refractivity contribution < 1.29 is 27.8 Å². The monoisotopic (exact) mass is 281 g/mol. The number of rotatable bonds is 8. The van der Waals surface area contributed by atoms with Crippen LogP contribution >= 0.6 is 7.82 Å². The predicted molar refractivity (Wildman–Crippen MR) is 67.6 cm³/mol. The Hall–Kier alpha value is -0.720. The van der Waals surface area contributed by atoms with Crippen molar-refractivity contribution in [1.29, 1.82) is 0 Å². The van der Waals surface area contributed by atoms with Gasteiger partial charge in [0.15, 0.2) is 0 Å². The van der Waals surface area contributed by atoms with E-state index in [1.807, 2.05) is 21.1 Å². The molecule has 0 spiro atoms. The smallest absolute Gasteiger partial charge is 0.350 e. The molecule has 0 aliphatic carbocycles. The van der Waals surface area contributed by atoms with Gasteiger partial charge in [0, 0.05) is 13.5 Å². The first-order valence-electron chi connectivity index (χ1n) is 5.45. The summed E-state index contributed by atoms with van der Waals surface area (Å²) in [4.78, 5) is 20.2. The number of nitrogens with zero attached hydrogens (tertiary/aromatic N) is 1. The van der Waals surface area contributed by atoms with Crippen LogP contribution in [0.5, 0.6) is 0 Å². The van der Waals surface area contributed by atoms with Crippen molar-refractivity contribution in [3.05, 3.63) is 12.7 Å². The summed E-state index contributed by atoms with van der Waals surface area (Å²) in [5.41, 5.74) is 0. The summed E-state index contributed by atoms with van der Waals surface area (Å²) in [6.45, 7) is 4.94. The Labute approximate surface area is 108 Å². The lowest BCUT2D eigenvalue weighted by atomic mass is 10.5. The van der Waals surface area contributed by atoms with E-state index in [4.69, 9.17) is 9.05 Å². The first kappa shape index (κ1) is 17.3. The number of quaternary nitrogens is 1. The zero-order valence-corrected chi connectivity index (χ0v) is 12.1. The topological polar surface area (TPSA) is 84.9 Å². The average Bonchev–Trinajstić information content (AvgIpc) is 2.22. The van der Waals surface area contributed by atoms with E-state index < -0.39 is 14.1 Å². The van der Waals surface area contributed by atoms with E-state index in [0.717, 1.165) is 6.08 Å². The molecule has 8 heteroatoms. The van der Waals surface area contributed by atoms with Crippen molar-refractivity contribution in [2.75, 3.05) is 34.3 Å². The maximum Gasteiger partial charge on any atom is 0.476 e. The molecule has 0 saturated carbocycles. The molecular formula is C10H22N2O5P+. The minimum atomic E-state index is -4.11. The van der Waals surface area contributed by atoms with Crippen LogP contribution in [0.15, 0.2) is 12.7 Å². The second-order valence-corrected chi connectivity index (χ2v) is 6.02. The lowest BCUT2D eigenvalue weighted by Crippen LogP contribution is -2.44. The summed E-state index contributed by atoms with van der Waals surface area (Å²) in [6.07, 6.45) is 0.609.